The third-order valence-corrected chi connectivity index (χ3v) is 4.09. The van der Waals surface area contributed by atoms with E-state index in [2.05, 4.69) is 0 Å². The van der Waals surface area contributed by atoms with E-state index in [1.54, 1.807) is 41.3 Å². The molecule has 1 unspecified atom stereocenters. The molecule has 1 saturated heterocycles. The SMILES string of the molecule is NC1CCN(C(=O)COc2ccc(C(=O)c3ccccc3)cc2)C1. The van der Waals surface area contributed by atoms with Crippen LogP contribution in [0.4, 0.5) is 0 Å². The zero-order valence-corrected chi connectivity index (χ0v) is 13.4. The number of benzene rings is 2. The number of ketones is 1. The number of hydrogen-bond donors (Lipinski definition) is 1. The highest BCUT2D eigenvalue weighted by molar-refractivity contribution is 6.08. The van der Waals surface area contributed by atoms with Crippen LogP contribution in [0, 0.1) is 0 Å². The first-order valence-corrected chi connectivity index (χ1v) is 7.99. The average Bonchev–Trinajstić information content (AvgIpc) is 3.07. The van der Waals surface area contributed by atoms with E-state index in [1.807, 2.05) is 18.2 Å². The maximum absolute atomic E-state index is 12.3. The predicted molar refractivity (Wildman–Crippen MR) is 91.0 cm³/mol. The number of nitrogens with zero attached hydrogens (tertiary/aromatic N) is 1. The van der Waals surface area contributed by atoms with Gasteiger partial charge in [-0.1, -0.05) is 30.3 Å². The van der Waals surface area contributed by atoms with E-state index in [1.165, 1.54) is 0 Å². The predicted octanol–water partition coefficient (Wildman–Crippen LogP) is 1.86. The number of rotatable bonds is 5. The summed E-state index contributed by atoms with van der Waals surface area (Å²) in [4.78, 5) is 26.1. The van der Waals surface area contributed by atoms with Gasteiger partial charge >= 0.3 is 0 Å². The quantitative estimate of drug-likeness (QED) is 0.852. The summed E-state index contributed by atoms with van der Waals surface area (Å²) in [6, 6.07) is 16.0. The number of carbonyl (C=O) groups excluding carboxylic acids is 2. The van der Waals surface area contributed by atoms with Crippen molar-refractivity contribution in [2.75, 3.05) is 19.7 Å². The Morgan fingerprint density at radius 3 is 2.33 bits per heavy atom. The summed E-state index contributed by atoms with van der Waals surface area (Å²) in [6.45, 7) is 1.26. The Morgan fingerprint density at radius 2 is 1.71 bits per heavy atom. The van der Waals surface area contributed by atoms with Gasteiger partial charge in [0.05, 0.1) is 0 Å². The van der Waals surface area contributed by atoms with E-state index in [-0.39, 0.29) is 24.3 Å². The van der Waals surface area contributed by atoms with Crippen LogP contribution in [-0.4, -0.2) is 42.3 Å². The first kappa shape index (κ1) is 16.2. The highest BCUT2D eigenvalue weighted by atomic mass is 16.5. The Hall–Kier alpha value is -2.66. The van der Waals surface area contributed by atoms with E-state index in [0.717, 1.165) is 6.42 Å². The molecular weight excluding hydrogens is 304 g/mol. The standard InChI is InChI=1S/C19H20N2O3/c20-16-10-11-21(12-16)18(22)13-24-17-8-6-15(7-9-17)19(23)14-4-2-1-3-5-14/h1-9,16H,10-13,20H2. The van der Waals surface area contributed by atoms with E-state index in [9.17, 15) is 9.59 Å². The van der Waals surface area contributed by atoms with Crippen molar-refractivity contribution in [3.63, 3.8) is 0 Å². The van der Waals surface area contributed by atoms with E-state index < -0.39 is 0 Å². The minimum atomic E-state index is -0.0626. The first-order chi connectivity index (χ1) is 11.6. The van der Waals surface area contributed by atoms with Crippen molar-refractivity contribution in [1.82, 2.24) is 4.90 Å². The number of amides is 1. The summed E-state index contributed by atoms with van der Waals surface area (Å²) in [5, 5.41) is 0. The maximum atomic E-state index is 12.3. The van der Waals surface area contributed by atoms with Gasteiger partial charge in [0.25, 0.3) is 5.91 Å². The zero-order valence-electron chi connectivity index (χ0n) is 13.4. The molecule has 0 aliphatic carbocycles. The first-order valence-electron chi connectivity index (χ1n) is 7.99. The lowest BCUT2D eigenvalue weighted by molar-refractivity contribution is -0.132. The molecule has 2 aromatic rings. The van der Waals surface area contributed by atoms with Crippen LogP contribution in [-0.2, 0) is 4.79 Å². The Labute approximate surface area is 141 Å². The van der Waals surface area contributed by atoms with Gasteiger partial charge in [0.1, 0.15) is 5.75 Å². The van der Waals surface area contributed by atoms with Crippen molar-refractivity contribution in [2.24, 2.45) is 5.73 Å². The van der Waals surface area contributed by atoms with E-state index in [4.69, 9.17) is 10.5 Å². The molecule has 1 aliphatic heterocycles. The highest BCUT2D eigenvalue weighted by Gasteiger charge is 2.23. The van der Waals surface area contributed by atoms with Crippen LogP contribution < -0.4 is 10.5 Å². The van der Waals surface area contributed by atoms with E-state index >= 15 is 0 Å². The molecule has 0 aromatic heterocycles. The number of nitrogens with two attached hydrogens (primary N) is 1. The number of hydrogen-bond acceptors (Lipinski definition) is 4. The molecule has 3 rings (SSSR count). The smallest absolute Gasteiger partial charge is 0.260 e. The molecule has 1 amide bonds. The molecule has 5 heteroatoms. The fourth-order valence-electron chi connectivity index (χ4n) is 2.71. The maximum Gasteiger partial charge on any atom is 0.260 e. The largest absolute Gasteiger partial charge is 0.484 e. The van der Waals surface area contributed by atoms with Crippen LogP contribution in [0.3, 0.4) is 0 Å². The van der Waals surface area contributed by atoms with Gasteiger partial charge < -0.3 is 15.4 Å². The summed E-state index contributed by atoms with van der Waals surface area (Å²) in [7, 11) is 0. The monoisotopic (exact) mass is 324 g/mol. The van der Waals surface area contributed by atoms with Crippen LogP contribution in [0.25, 0.3) is 0 Å². The van der Waals surface area contributed by atoms with Crippen molar-refractivity contribution in [2.45, 2.75) is 12.5 Å². The molecule has 0 bridgehead atoms. The van der Waals surface area contributed by atoms with Gasteiger partial charge in [0.15, 0.2) is 12.4 Å². The second-order valence-electron chi connectivity index (χ2n) is 5.90. The molecule has 2 N–H and O–H groups in total. The topological polar surface area (TPSA) is 72.6 Å². The van der Waals surface area contributed by atoms with Crippen molar-refractivity contribution < 1.29 is 14.3 Å². The van der Waals surface area contributed by atoms with Crippen molar-refractivity contribution in [1.29, 1.82) is 0 Å². The third kappa shape index (κ3) is 3.81. The second-order valence-corrected chi connectivity index (χ2v) is 5.90. The summed E-state index contributed by atoms with van der Waals surface area (Å²) in [5.74, 6) is 0.466. The van der Waals surface area contributed by atoms with Crippen molar-refractivity contribution in [3.05, 3.63) is 65.7 Å². The van der Waals surface area contributed by atoms with Gasteiger partial charge in [0.2, 0.25) is 0 Å². The molecule has 0 saturated carbocycles. The summed E-state index contributed by atoms with van der Waals surface area (Å²) in [6.07, 6.45) is 0.835. The molecule has 0 spiro atoms. The van der Waals surface area contributed by atoms with Crippen molar-refractivity contribution >= 4 is 11.7 Å². The molecule has 1 heterocycles. The van der Waals surface area contributed by atoms with Crippen LogP contribution in [0.1, 0.15) is 22.3 Å². The Balaban J connectivity index is 1.57. The Morgan fingerprint density at radius 1 is 1.04 bits per heavy atom. The van der Waals surface area contributed by atoms with Crippen LogP contribution in [0.15, 0.2) is 54.6 Å². The van der Waals surface area contributed by atoms with Crippen molar-refractivity contribution in [3.8, 4) is 5.75 Å². The fraction of sp³-hybridized carbons (Fsp3) is 0.263. The van der Waals surface area contributed by atoms with Gasteiger partial charge in [-0.15, -0.1) is 0 Å². The van der Waals surface area contributed by atoms with E-state index in [0.29, 0.717) is 30.0 Å². The van der Waals surface area contributed by atoms with Gasteiger partial charge in [-0.3, -0.25) is 9.59 Å². The summed E-state index contributed by atoms with van der Waals surface area (Å²) >= 11 is 0. The average molecular weight is 324 g/mol. The molecule has 1 fully saturated rings. The highest BCUT2D eigenvalue weighted by Crippen LogP contribution is 2.16. The lowest BCUT2D eigenvalue weighted by Gasteiger charge is -2.16. The molecule has 1 aliphatic rings. The summed E-state index contributed by atoms with van der Waals surface area (Å²) < 4.78 is 5.51. The number of carbonyl (C=O) groups is 2. The van der Waals surface area contributed by atoms with Gasteiger partial charge in [0, 0.05) is 30.3 Å². The van der Waals surface area contributed by atoms with Gasteiger partial charge in [-0.2, -0.15) is 0 Å². The van der Waals surface area contributed by atoms with Gasteiger partial charge in [-0.05, 0) is 30.7 Å². The molecular formula is C19H20N2O3. The number of ether oxygens (including phenoxy) is 1. The van der Waals surface area contributed by atoms with Crippen LogP contribution >= 0.6 is 0 Å². The van der Waals surface area contributed by atoms with Crippen LogP contribution in [0.5, 0.6) is 5.75 Å². The van der Waals surface area contributed by atoms with Gasteiger partial charge in [-0.25, -0.2) is 0 Å². The second kappa shape index (κ2) is 7.27. The number of likely N-dealkylation sites (tertiary alicyclic amines) is 1. The zero-order chi connectivity index (χ0) is 16.9. The molecule has 24 heavy (non-hydrogen) atoms. The normalized spacial score (nSPS) is 16.9. The molecule has 2 aromatic carbocycles. The summed E-state index contributed by atoms with van der Waals surface area (Å²) in [5.41, 5.74) is 7.03. The minimum absolute atomic E-state index is 0.0152. The lowest BCUT2D eigenvalue weighted by Crippen LogP contribution is -2.35. The molecule has 0 radical (unpaired) electrons. The Bertz CT molecular complexity index is 713. The molecule has 124 valence electrons. The Kier molecular flexibility index (Phi) is 4.91. The lowest BCUT2D eigenvalue weighted by atomic mass is 10.0. The minimum Gasteiger partial charge on any atom is -0.484 e. The fourth-order valence-corrected chi connectivity index (χ4v) is 2.71. The third-order valence-electron chi connectivity index (χ3n) is 4.09. The molecule has 5 nitrogen and oxygen atoms in total. The van der Waals surface area contributed by atoms with Crippen LogP contribution in [0.2, 0.25) is 0 Å². The molecule has 1 atom stereocenters.